The molecular formula is C16H16N. The summed E-state index contributed by atoms with van der Waals surface area (Å²) in [7, 11) is 0. The third-order valence-corrected chi connectivity index (χ3v) is 3.64. The van der Waals surface area contributed by atoms with Crippen molar-refractivity contribution in [3.63, 3.8) is 0 Å². The molecule has 17 heavy (non-hydrogen) atoms. The van der Waals surface area contributed by atoms with Gasteiger partial charge in [-0.1, -0.05) is 50.2 Å². The van der Waals surface area contributed by atoms with Crippen LogP contribution in [0.5, 0.6) is 0 Å². The minimum Gasteiger partial charge on any atom is -0.247 e. The van der Waals surface area contributed by atoms with Crippen molar-refractivity contribution < 1.29 is 0 Å². The first kappa shape index (κ1) is 10.4. The van der Waals surface area contributed by atoms with Crippen LogP contribution in [0.25, 0.3) is 11.1 Å². The average molecular weight is 222 g/mol. The Hall–Kier alpha value is -1.76. The molecule has 3 rings (SSSR count). The van der Waals surface area contributed by atoms with Crippen molar-refractivity contribution in [1.29, 1.82) is 0 Å². The van der Waals surface area contributed by atoms with Crippen molar-refractivity contribution in [2.24, 2.45) is 0 Å². The van der Waals surface area contributed by atoms with Gasteiger partial charge >= 0.3 is 0 Å². The number of nitrogens with zero attached hydrogens (tertiary/aromatic N) is 1. The second-order valence-electron chi connectivity index (χ2n) is 4.68. The van der Waals surface area contributed by atoms with Crippen molar-refractivity contribution >= 4 is 11.4 Å². The minimum atomic E-state index is 0.572. The van der Waals surface area contributed by atoms with Gasteiger partial charge in [0, 0.05) is 11.1 Å². The standard InChI is InChI=1S/C16H16N/c1-3-11(2)12-8-6-9-14-13-7-4-5-10-15(13)17-16(12)14/h4-11H,3H2,1-2H3. The summed E-state index contributed by atoms with van der Waals surface area (Å²) in [5.41, 5.74) is 6.23. The highest BCUT2D eigenvalue weighted by molar-refractivity contribution is 5.92. The van der Waals surface area contributed by atoms with Crippen LogP contribution in [0.2, 0.25) is 0 Å². The summed E-state index contributed by atoms with van der Waals surface area (Å²) in [6.45, 7) is 4.50. The highest BCUT2D eigenvalue weighted by atomic mass is 14.9. The minimum absolute atomic E-state index is 0.572. The molecule has 1 unspecified atom stereocenters. The molecule has 2 aromatic carbocycles. The van der Waals surface area contributed by atoms with Gasteiger partial charge in [0.05, 0.1) is 11.4 Å². The van der Waals surface area contributed by atoms with E-state index >= 15 is 0 Å². The fraction of sp³-hybridized carbons (Fsp3) is 0.250. The average Bonchev–Trinajstić information content (AvgIpc) is 2.76. The highest BCUT2D eigenvalue weighted by Crippen LogP contribution is 2.46. The van der Waals surface area contributed by atoms with Gasteiger partial charge in [-0.25, -0.2) is 5.32 Å². The van der Waals surface area contributed by atoms with Crippen LogP contribution in [0.3, 0.4) is 0 Å². The summed E-state index contributed by atoms with van der Waals surface area (Å²) in [5.74, 6) is 0.572. The molecule has 0 aliphatic carbocycles. The van der Waals surface area contributed by atoms with E-state index in [4.69, 9.17) is 5.32 Å². The predicted octanol–water partition coefficient (Wildman–Crippen LogP) is 4.75. The van der Waals surface area contributed by atoms with Crippen LogP contribution < -0.4 is 5.32 Å². The third kappa shape index (κ3) is 1.54. The molecule has 0 N–H and O–H groups in total. The van der Waals surface area contributed by atoms with Crippen LogP contribution in [-0.2, 0) is 0 Å². The zero-order valence-corrected chi connectivity index (χ0v) is 10.3. The smallest absolute Gasteiger partial charge is 0.0750 e. The summed E-state index contributed by atoms with van der Waals surface area (Å²) in [6.07, 6.45) is 1.16. The maximum absolute atomic E-state index is 4.78. The molecule has 1 aliphatic heterocycles. The van der Waals surface area contributed by atoms with Crippen molar-refractivity contribution in [3.05, 3.63) is 48.0 Å². The van der Waals surface area contributed by atoms with E-state index in [0.717, 1.165) is 12.1 Å². The van der Waals surface area contributed by atoms with Gasteiger partial charge in [-0.05, 0) is 24.0 Å². The quantitative estimate of drug-likeness (QED) is 0.594. The van der Waals surface area contributed by atoms with Crippen molar-refractivity contribution in [3.8, 4) is 11.1 Å². The van der Waals surface area contributed by atoms with E-state index in [1.165, 1.54) is 22.4 Å². The number of benzene rings is 2. The first-order valence-corrected chi connectivity index (χ1v) is 6.25. The SMILES string of the molecule is CCC(C)c1cccc2c1[N]c1ccccc1-2. The molecule has 1 heterocycles. The van der Waals surface area contributed by atoms with Crippen LogP contribution >= 0.6 is 0 Å². The molecule has 0 fully saturated rings. The van der Waals surface area contributed by atoms with Gasteiger partial charge in [0.1, 0.15) is 0 Å². The van der Waals surface area contributed by atoms with Crippen LogP contribution in [0.4, 0.5) is 11.4 Å². The number of hydrogen-bond acceptors (Lipinski definition) is 0. The molecule has 0 saturated heterocycles. The molecule has 1 nitrogen and oxygen atoms in total. The molecule has 0 bridgehead atoms. The molecule has 0 aromatic heterocycles. The Morgan fingerprint density at radius 3 is 2.59 bits per heavy atom. The Bertz CT molecular complexity index is 557. The lowest BCUT2D eigenvalue weighted by Gasteiger charge is -2.13. The molecule has 1 radical (unpaired) electrons. The van der Waals surface area contributed by atoms with Crippen LogP contribution in [-0.4, -0.2) is 0 Å². The molecule has 1 heteroatoms. The fourth-order valence-corrected chi connectivity index (χ4v) is 2.44. The first-order chi connectivity index (χ1) is 8.31. The van der Waals surface area contributed by atoms with E-state index in [0.29, 0.717) is 5.92 Å². The summed E-state index contributed by atoms with van der Waals surface area (Å²) < 4.78 is 0. The second kappa shape index (κ2) is 3.92. The number of para-hydroxylation sites is 2. The van der Waals surface area contributed by atoms with Gasteiger partial charge in [-0.15, -0.1) is 0 Å². The normalized spacial score (nSPS) is 13.8. The lowest BCUT2D eigenvalue weighted by atomic mass is 9.94. The van der Waals surface area contributed by atoms with Gasteiger partial charge in [0.15, 0.2) is 0 Å². The van der Waals surface area contributed by atoms with Crippen molar-refractivity contribution in [2.45, 2.75) is 26.2 Å². The van der Waals surface area contributed by atoms with E-state index in [9.17, 15) is 0 Å². The monoisotopic (exact) mass is 222 g/mol. The van der Waals surface area contributed by atoms with Crippen molar-refractivity contribution in [2.75, 3.05) is 0 Å². The Morgan fingerprint density at radius 2 is 1.76 bits per heavy atom. The van der Waals surface area contributed by atoms with Gasteiger partial charge in [-0.2, -0.15) is 0 Å². The summed E-state index contributed by atoms with van der Waals surface area (Å²) in [5, 5.41) is 4.78. The maximum Gasteiger partial charge on any atom is 0.0750 e. The summed E-state index contributed by atoms with van der Waals surface area (Å²) >= 11 is 0. The zero-order chi connectivity index (χ0) is 11.8. The van der Waals surface area contributed by atoms with Gasteiger partial charge in [0.25, 0.3) is 0 Å². The topological polar surface area (TPSA) is 14.1 Å². The Balaban J connectivity index is 2.17. The molecule has 0 amide bonds. The van der Waals surface area contributed by atoms with E-state index in [2.05, 4.69) is 56.3 Å². The Kier molecular flexibility index (Phi) is 2.40. The summed E-state index contributed by atoms with van der Waals surface area (Å²) in [4.78, 5) is 0. The summed E-state index contributed by atoms with van der Waals surface area (Å²) in [6, 6.07) is 14.9. The van der Waals surface area contributed by atoms with E-state index in [-0.39, 0.29) is 0 Å². The largest absolute Gasteiger partial charge is 0.247 e. The van der Waals surface area contributed by atoms with E-state index in [1.807, 2.05) is 0 Å². The number of hydrogen-bond donors (Lipinski definition) is 0. The first-order valence-electron chi connectivity index (χ1n) is 6.25. The van der Waals surface area contributed by atoms with Gasteiger partial charge < -0.3 is 0 Å². The highest BCUT2D eigenvalue weighted by Gasteiger charge is 2.23. The van der Waals surface area contributed by atoms with E-state index < -0.39 is 0 Å². The molecule has 0 spiro atoms. The lowest BCUT2D eigenvalue weighted by Crippen LogP contribution is -1.96. The molecule has 0 saturated carbocycles. The van der Waals surface area contributed by atoms with Crippen LogP contribution in [0.1, 0.15) is 31.7 Å². The molecule has 2 aromatic rings. The van der Waals surface area contributed by atoms with E-state index in [1.54, 1.807) is 0 Å². The molecular weight excluding hydrogens is 206 g/mol. The predicted molar refractivity (Wildman–Crippen MR) is 72.0 cm³/mol. The zero-order valence-electron chi connectivity index (χ0n) is 10.3. The fourth-order valence-electron chi connectivity index (χ4n) is 2.44. The number of rotatable bonds is 2. The molecule has 1 aliphatic rings. The van der Waals surface area contributed by atoms with Crippen molar-refractivity contribution in [1.82, 2.24) is 5.32 Å². The van der Waals surface area contributed by atoms with Gasteiger partial charge in [-0.3, -0.25) is 0 Å². The Labute approximate surface area is 102 Å². The van der Waals surface area contributed by atoms with Gasteiger partial charge in [0.2, 0.25) is 0 Å². The molecule has 1 atom stereocenters. The molecule has 85 valence electrons. The number of fused-ring (bicyclic) bond motifs is 3. The van der Waals surface area contributed by atoms with Crippen LogP contribution in [0.15, 0.2) is 42.5 Å². The lowest BCUT2D eigenvalue weighted by molar-refractivity contribution is 0.732. The van der Waals surface area contributed by atoms with Crippen LogP contribution in [0, 0.1) is 0 Å². The second-order valence-corrected chi connectivity index (χ2v) is 4.68. The maximum atomic E-state index is 4.78. The third-order valence-electron chi connectivity index (χ3n) is 3.64. The Morgan fingerprint density at radius 1 is 1.00 bits per heavy atom.